The van der Waals surface area contributed by atoms with Crippen molar-refractivity contribution >= 4 is 28.0 Å². The number of carbonyl (C=O) groups is 1. The molecule has 4 nitrogen and oxygen atoms in total. The van der Waals surface area contributed by atoms with Crippen LogP contribution in [-0.4, -0.2) is 13.1 Å². The van der Waals surface area contributed by atoms with E-state index in [2.05, 4.69) is 26.6 Å². The van der Waals surface area contributed by atoms with E-state index in [0.717, 1.165) is 21.3 Å². The molecule has 0 aliphatic rings. The number of nitrogens with one attached hydrogen (secondary N) is 2. The zero-order valence-electron chi connectivity index (χ0n) is 12.2. The van der Waals surface area contributed by atoms with E-state index in [4.69, 9.17) is 4.74 Å². The first-order valence-corrected chi connectivity index (χ1v) is 7.56. The van der Waals surface area contributed by atoms with Gasteiger partial charge in [-0.15, -0.1) is 0 Å². The van der Waals surface area contributed by atoms with Gasteiger partial charge in [-0.05, 0) is 35.4 Å². The molecule has 0 radical (unpaired) electrons. The fourth-order valence-electron chi connectivity index (χ4n) is 1.79. The van der Waals surface area contributed by atoms with Crippen LogP contribution in [-0.2, 0) is 6.54 Å². The number of amides is 2. The highest BCUT2D eigenvalue weighted by molar-refractivity contribution is 9.10. The molecule has 0 aliphatic heterocycles. The summed E-state index contributed by atoms with van der Waals surface area (Å²) in [6.45, 7) is 0.457. The summed E-state index contributed by atoms with van der Waals surface area (Å²) in [5.41, 5.74) is 2.00. The van der Waals surface area contributed by atoms with Gasteiger partial charge in [0.1, 0.15) is 5.75 Å². The van der Waals surface area contributed by atoms with Gasteiger partial charge in [-0.1, -0.05) is 46.3 Å². The standard InChI is InChI=1S/C17H17BrN2O2/c1-22-15-8-6-13(7-9-15)12-20-17(21)19-11-10-14-4-2-3-5-16(14)18/h2-11H,12H2,1H3,(H2,19,20,21)/b11-10+. The number of urea groups is 1. The third-order valence-corrected chi connectivity index (χ3v) is 3.72. The molecule has 0 unspecified atom stereocenters. The zero-order chi connectivity index (χ0) is 15.8. The topological polar surface area (TPSA) is 50.4 Å². The molecule has 0 saturated carbocycles. The van der Waals surface area contributed by atoms with Crippen molar-refractivity contribution in [3.8, 4) is 5.75 Å². The summed E-state index contributed by atoms with van der Waals surface area (Å²) in [6.07, 6.45) is 3.44. The summed E-state index contributed by atoms with van der Waals surface area (Å²) in [6, 6.07) is 15.1. The maximum atomic E-state index is 11.7. The van der Waals surface area contributed by atoms with Gasteiger partial charge in [0.2, 0.25) is 0 Å². The quantitative estimate of drug-likeness (QED) is 0.848. The lowest BCUT2D eigenvalue weighted by Crippen LogP contribution is -2.31. The van der Waals surface area contributed by atoms with Crippen LogP contribution in [0.15, 0.2) is 59.2 Å². The molecule has 22 heavy (non-hydrogen) atoms. The lowest BCUT2D eigenvalue weighted by atomic mass is 10.2. The number of hydrogen-bond donors (Lipinski definition) is 2. The van der Waals surface area contributed by atoms with Crippen LogP contribution < -0.4 is 15.4 Å². The number of rotatable bonds is 5. The molecule has 0 fully saturated rings. The lowest BCUT2D eigenvalue weighted by Gasteiger charge is -2.06. The predicted octanol–water partition coefficient (Wildman–Crippen LogP) is 3.93. The van der Waals surface area contributed by atoms with Gasteiger partial charge in [-0.25, -0.2) is 4.79 Å². The first kappa shape index (κ1) is 16.1. The molecule has 0 heterocycles. The van der Waals surface area contributed by atoms with E-state index in [9.17, 15) is 4.79 Å². The molecule has 5 heteroatoms. The molecule has 0 aromatic heterocycles. The second-order valence-corrected chi connectivity index (χ2v) is 5.38. The fourth-order valence-corrected chi connectivity index (χ4v) is 2.21. The van der Waals surface area contributed by atoms with Gasteiger partial charge in [-0.2, -0.15) is 0 Å². The summed E-state index contributed by atoms with van der Waals surface area (Å²) in [7, 11) is 1.62. The number of ether oxygens (including phenoxy) is 1. The summed E-state index contributed by atoms with van der Waals surface area (Å²) < 4.78 is 6.07. The number of benzene rings is 2. The van der Waals surface area contributed by atoms with Gasteiger partial charge in [0, 0.05) is 17.2 Å². The van der Waals surface area contributed by atoms with Crippen molar-refractivity contribution in [2.24, 2.45) is 0 Å². The van der Waals surface area contributed by atoms with Crippen molar-refractivity contribution in [3.05, 3.63) is 70.3 Å². The Morgan fingerprint density at radius 1 is 1.18 bits per heavy atom. The highest BCUT2D eigenvalue weighted by Gasteiger charge is 1.99. The second-order valence-electron chi connectivity index (χ2n) is 4.53. The van der Waals surface area contributed by atoms with Crippen molar-refractivity contribution in [2.75, 3.05) is 7.11 Å². The van der Waals surface area contributed by atoms with Gasteiger partial charge in [-0.3, -0.25) is 0 Å². The molecule has 0 spiro atoms. The Labute approximate surface area is 138 Å². The largest absolute Gasteiger partial charge is 0.497 e. The molecule has 2 rings (SSSR count). The Bertz CT molecular complexity index is 654. The molecule has 2 aromatic rings. The van der Waals surface area contributed by atoms with Crippen LogP contribution in [0.5, 0.6) is 5.75 Å². The van der Waals surface area contributed by atoms with Crippen LogP contribution >= 0.6 is 15.9 Å². The van der Waals surface area contributed by atoms with E-state index < -0.39 is 0 Å². The molecule has 2 N–H and O–H groups in total. The minimum Gasteiger partial charge on any atom is -0.497 e. The number of carbonyl (C=O) groups excluding carboxylic acids is 1. The highest BCUT2D eigenvalue weighted by Crippen LogP contribution is 2.16. The number of hydrogen-bond acceptors (Lipinski definition) is 2. The third kappa shape index (κ3) is 4.93. The minimum absolute atomic E-state index is 0.251. The van der Waals surface area contributed by atoms with E-state index in [1.807, 2.05) is 54.6 Å². The second kappa shape index (κ2) is 8.24. The predicted molar refractivity (Wildman–Crippen MR) is 91.5 cm³/mol. The maximum Gasteiger partial charge on any atom is 0.319 e. The molecular weight excluding hydrogens is 344 g/mol. The minimum atomic E-state index is -0.251. The SMILES string of the molecule is COc1ccc(CNC(=O)N/C=C/c2ccccc2Br)cc1. The summed E-state index contributed by atoms with van der Waals surface area (Å²) in [5, 5.41) is 5.46. The molecule has 0 atom stereocenters. The van der Waals surface area contributed by atoms with Crippen LogP contribution in [0.2, 0.25) is 0 Å². The summed E-state index contributed by atoms with van der Waals surface area (Å²) in [5.74, 6) is 0.796. The normalized spacial score (nSPS) is 10.5. The van der Waals surface area contributed by atoms with Crippen molar-refractivity contribution < 1.29 is 9.53 Å². The van der Waals surface area contributed by atoms with Crippen LogP contribution in [0.1, 0.15) is 11.1 Å². The summed E-state index contributed by atoms with van der Waals surface area (Å²) in [4.78, 5) is 11.7. The van der Waals surface area contributed by atoms with E-state index in [0.29, 0.717) is 6.54 Å². The van der Waals surface area contributed by atoms with Crippen LogP contribution in [0, 0.1) is 0 Å². The Balaban J connectivity index is 1.79. The van der Waals surface area contributed by atoms with Gasteiger partial charge >= 0.3 is 6.03 Å². The highest BCUT2D eigenvalue weighted by atomic mass is 79.9. The van der Waals surface area contributed by atoms with Crippen molar-refractivity contribution in [1.82, 2.24) is 10.6 Å². The molecular formula is C17H17BrN2O2. The van der Waals surface area contributed by atoms with Crippen LogP contribution in [0.4, 0.5) is 4.79 Å². The Kier molecular flexibility index (Phi) is 6.03. The van der Waals surface area contributed by atoms with Crippen molar-refractivity contribution in [1.29, 1.82) is 0 Å². The molecule has 0 saturated heterocycles. The Morgan fingerprint density at radius 2 is 1.91 bits per heavy atom. The van der Waals surface area contributed by atoms with Crippen molar-refractivity contribution in [2.45, 2.75) is 6.54 Å². The first-order valence-electron chi connectivity index (χ1n) is 6.77. The molecule has 0 bridgehead atoms. The van der Waals surface area contributed by atoms with Gasteiger partial charge < -0.3 is 15.4 Å². The first-order chi connectivity index (χ1) is 10.7. The number of methoxy groups -OCH3 is 1. The molecule has 2 aromatic carbocycles. The molecule has 114 valence electrons. The van der Waals surface area contributed by atoms with Crippen molar-refractivity contribution in [3.63, 3.8) is 0 Å². The zero-order valence-corrected chi connectivity index (χ0v) is 13.8. The van der Waals surface area contributed by atoms with E-state index in [1.165, 1.54) is 0 Å². The number of halogens is 1. The third-order valence-electron chi connectivity index (χ3n) is 2.99. The van der Waals surface area contributed by atoms with Gasteiger partial charge in [0.25, 0.3) is 0 Å². The maximum absolute atomic E-state index is 11.7. The van der Waals surface area contributed by atoms with Gasteiger partial charge in [0.15, 0.2) is 0 Å². The van der Waals surface area contributed by atoms with Gasteiger partial charge in [0.05, 0.1) is 7.11 Å². The van der Waals surface area contributed by atoms with E-state index in [-0.39, 0.29) is 6.03 Å². The Morgan fingerprint density at radius 3 is 2.59 bits per heavy atom. The molecule has 0 aliphatic carbocycles. The summed E-state index contributed by atoms with van der Waals surface area (Å²) >= 11 is 3.45. The van der Waals surface area contributed by atoms with E-state index >= 15 is 0 Å². The lowest BCUT2D eigenvalue weighted by molar-refractivity contribution is 0.244. The van der Waals surface area contributed by atoms with E-state index in [1.54, 1.807) is 13.3 Å². The smallest absolute Gasteiger partial charge is 0.319 e. The average Bonchev–Trinajstić information content (AvgIpc) is 2.55. The van der Waals surface area contributed by atoms with Crippen LogP contribution in [0.25, 0.3) is 6.08 Å². The fraction of sp³-hybridized carbons (Fsp3) is 0.118. The average molecular weight is 361 g/mol. The molecule has 2 amide bonds. The van der Waals surface area contributed by atoms with Crippen LogP contribution in [0.3, 0.4) is 0 Å². The monoisotopic (exact) mass is 360 g/mol. The Hall–Kier alpha value is -2.27.